The number of nitrogens with one attached hydrogen (secondary N) is 1. The molecule has 0 radical (unpaired) electrons. The van der Waals surface area contributed by atoms with Gasteiger partial charge in [-0.1, -0.05) is 18.2 Å². The van der Waals surface area contributed by atoms with Crippen LogP contribution in [-0.4, -0.2) is 23.1 Å². The largest absolute Gasteiger partial charge is 0.269 e. The maximum atomic E-state index is 12.7. The topological polar surface area (TPSA) is 107 Å². The van der Waals surface area contributed by atoms with Crippen molar-refractivity contribution in [1.29, 1.82) is 0 Å². The Kier molecular flexibility index (Phi) is 5.30. The molecule has 0 aliphatic rings. The Balaban J connectivity index is 1.86. The summed E-state index contributed by atoms with van der Waals surface area (Å²) in [4.78, 5) is 10.3. The van der Waals surface area contributed by atoms with E-state index in [4.69, 9.17) is 0 Å². The molecule has 0 bridgehead atoms. The monoisotopic (exact) mass is 400 g/mol. The molecule has 3 aromatic rings. The van der Waals surface area contributed by atoms with Crippen molar-refractivity contribution >= 4 is 15.7 Å². The van der Waals surface area contributed by atoms with E-state index in [1.165, 1.54) is 25.1 Å². The lowest BCUT2D eigenvalue weighted by Crippen LogP contribution is -2.24. The number of sulfonamides is 1. The molecular formula is C19H20N4O4S. The predicted octanol–water partition coefficient (Wildman–Crippen LogP) is 3.18. The van der Waals surface area contributed by atoms with Crippen molar-refractivity contribution < 1.29 is 13.3 Å². The average molecular weight is 400 g/mol. The first-order valence-electron chi connectivity index (χ1n) is 8.56. The fraction of sp³-hybridized carbons (Fsp3) is 0.211. The number of hydrogen-bond donors (Lipinski definition) is 1. The van der Waals surface area contributed by atoms with Crippen LogP contribution in [0.2, 0.25) is 0 Å². The SMILES string of the molecule is Cc1cc([N+](=O)[O-])ccc1S(=O)(=O)NCc1c(C)nn(-c2ccccc2)c1C. The molecule has 1 aromatic heterocycles. The maximum absolute atomic E-state index is 12.7. The summed E-state index contributed by atoms with van der Waals surface area (Å²) in [5, 5.41) is 15.4. The van der Waals surface area contributed by atoms with Gasteiger partial charge in [-0.25, -0.2) is 17.8 Å². The van der Waals surface area contributed by atoms with Crippen LogP contribution < -0.4 is 4.72 Å². The Hall–Kier alpha value is -3.04. The molecule has 1 N–H and O–H groups in total. The Morgan fingerprint density at radius 3 is 2.39 bits per heavy atom. The molecule has 0 saturated carbocycles. The number of nitro benzene ring substituents is 1. The van der Waals surface area contributed by atoms with Gasteiger partial charge in [0, 0.05) is 29.9 Å². The quantitative estimate of drug-likeness (QED) is 0.505. The zero-order valence-electron chi connectivity index (χ0n) is 15.7. The fourth-order valence-electron chi connectivity index (χ4n) is 3.04. The summed E-state index contributed by atoms with van der Waals surface area (Å²) in [6.45, 7) is 5.32. The minimum atomic E-state index is -3.83. The van der Waals surface area contributed by atoms with E-state index in [2.05, 4.69) is 9.82 Å². The minimum absolute atomic E-state index is 0.0175. The summed E-state index contributed by atoms with van der Waals surface area (Å²) in [5.74, 6) is 0. The third-order valence-electron chi connectivity index (χ3n) is 4.54. The zero-order chi connectivity index (χ0) is 20.5. The van der Waals surface area contributed by atoms with Gasteiger partial charge in [-0.2, -0.15) is 5.10 Å². The molecule has 8 nitrogen and oxygen atoms in total. The molecule has 28 heavy (non-hydrogen) atoms. The molecular weight excluding hydrogens is 380 g/mol. The number of non-ortho nitro benzene ring substituents is 1. The second-order valence-corrected chi connectivity index (χ2v) is 8.16. The van der Waals surface area contributed by atoms with Crippen molar-refractivity contribution in [2.75, 3.05) is 0 Å². The highest BCUT2D eigenvalue weighted by Crippen LogP contribution is 2.22. The molecule has 0 fully saturated rings. The van der Waals surface area contributed by atoms with E-state index in [-0.39, 0.29) is 17.1 Å². The molecule has 1 heterocycles. The Labute approximate surface area is 163 Å². The number of nitrogens with zero attached hydrogens (tertiary/aromatic N) is 3. The van der Waals surface area contributed by atoms with Gasteiger partial charge >= 0.3 is 0 Å². The van der Waals surface area contributed by atoms with Crippen molar-refractivity contribution in [3.63, 3.8) is 0 Å². The number of hydrogen-bond acceptors (Lipinski definition) is 5. The number of benzene rings is 2. The molecule has 0 aliphatic heterocycles. The maximum Gasteiger partial charge on any atom is 0.269 e. The molecule has 0 saturated heterocycles. The van der Waals surface area contributed by atoms with Crippen molar-refractivity contribution in [2.45, 2.75) is 32.2 Å². The molecule has 3 rings (SSSR count). The van der Waals surface area contributed by atoms with E-state index < -0.39 is 14.9 Å². The van der Waals surface area contributed by atoms with Crippen molar-refractivity contribution in [2.24, 2.45) is 0 Å². The van der Waals surface area contributed by atoms with Crippen molar-refractivity contribution in [1.82, 2.24) is 14.5 Å². The summed E-state index contributed by atoms with van der Waals surface area (Å²) in [7, 11) is -3.83. The lowest BCUT2D eigenvalue weighted by atomic mass is 10.2. The third kappa shape index (κ3) is 3.80. The summed E-state index contributed by atoms with van der Waals surface area (Å²) in [5.41, 5.74) is 3.41. The number of nitro groups is 1. The van der Waals surface area contributed by atoms with Crippen LogP contribution in [0, 0.1) is 30.9 Å². The summed E-state index contributed by atoms with van der Waals surface area (Å²) in [6, 6.07) is 13.3. The third-order valence-corrected chi connectivity index (χ3v) is 6.10. The number of aryl methyl sites for hydroxylation is 2. The van der Waals surface area contributed by atoms with Gasteiger partial charge in [0.1, 0.15) is 0 Å². The predicted molar refractivity (Wildman–Crippen MR) is 105 cm³/mol. The molecule has 2 aromatic carbocycles. The van der Waals surface area contributed by atoms with Gasteiger partial charge < -0.3 is 0 Å². The van der Waals surface area contributed by atoms with Crippen LogP contribution in [0.3, 0.4) is 0 Å². The Bertz CT molecular complexity index is 1140. The van der Waals surface area contributed by atoms with Crippen LogP contribution in [0.25, 0.3) is 5.69 Å². The van der Waals surface area contributed by atoms with Crippen LogP contribution in [0.15, 0.2) is 53.4 Å². The van der Waals surface area contributed by atoms with E-state index in [0.29, 0.717) is 5.56 Å². The van der Waals surface area contributed by atoms with Gasteiger partial charge in [0.2, 0.25) is 10.0 Å². The van der Waals surface area contributed by atoms with Crippen LogP contribution in [-0.2, 0) is 16.6 Å². The summed E-state index contributed by atoms with van der Waals surface area (Å²) >= 11 is 0. The van der Waals surface area contributed by atoms with Gasteiger partial charge in [-0.3, -0.25) is 10.1 Å². The molecule has 0 unspecified atom stereocenters. The van der Waals surface area contributed by atoms with Crippen LogP contribution in [0.4, 0.5) is 5.69 Å². The van der Waals surface area contributed by atoms with Gasteiger partial charge in [-0.05, 0) is 44.5 Å². The summed E-state index contributed by atoms with van der Waals surface area (Å²) in [6.07, 6.45) is 0. The van der Waals surface area contributed by atoms with E-state index in [1.54, 1.807) is 4.68 Å². The molecule has 0 atom stereocenters. The fourth-order valence-corrected chi connectivity index (χ4v) is 4.26. The van der Waals surface area contributed by atoms with E-state index in [1.807, 2.05) is 44.2 Å². The Morgan fingerprint density at radius 1 is 1.11 bits per heavy atom. The highest BCUT2D eigenvalue weighted by atomic mass is 32.2. The second kappa shape index (κ2) is 7.53. The van der Waals surface area contributed by atoms with Crippen LogP contribution in [0.1, 0.15) is 22.5 Å². The van der Waals surface area contributed by atoms with E-state index in [9.17, 15) is 18.5 Å². The highest BCUT2D eigenvalue weighted by molar-refractivity contribution is 7.89. The number of rotatable bonds is 6. The lowest BCUT2D eigenvalue weighted by molar-refractivity contribution is -0.385. The van der Waals surface area contributed by atoms with Crippen molar-refractivity contribution in [3.05, 3.63) is 81.2 Å². The minimum Gasteiger partial charge on any atom is -0.258 e. The Morgan fingerprint density at radius 2 is 1.79 bits per heavy atom. The van der Waals surface area contributed by atoms with Gasteiger partial charge in [0.15, 0.2) is 0 Å². The van der Waals surface area contributed by atoms with Gasteiger partial charge in [0.05, 0.1) is 21.2 Å². The molecule has 0 aliphatic carbocycles. The second-order valence-electron chi connectivity index (χ2n) is 6.43. The van der Waals surface area contributed by atoms with Crippen LogP contribution >= 0.6 is 0 Å². The first kappa shape index (κ1) is 19.7. The standard InChI is InChI=1S/C19H20N4O4S/c1-13-11-17(23(24)25)9-10-19(13)28(26,27)20-12-18-14(2)21-22(15(18)3)16-7-5-4-6-8-16/h4-11,20H,12H2,1-3H3. The number of para-hydroxylation sites is 1. The van der Waals surface area contributed by atoms with Gasteiger partial charge in [0.25, 0.3) is 5.69 Å². The van der Waals surface area contributed by atoms with E-state index in [0.717, 1.165) is 22.6 Å². The zero-order valence-corrected chi connectivity index (χ0v) is 16.5. The molecule has 146 valence electrons. The number of aromatic nitrogens is 2. The normalized spacial score (nSPS) is 11.5. The van der Waals surface area contributed by atoms with Crippen molar-refractivity contribution in [3.8, 4) is 5.69 Å². The lowest BCUT2D eigenvalue weighted by Gasteiger charge is -2.10. The summed E-state index contributed by atoms with van der Waals surface area (Å²) < 4.78 is 29.7. The molecule has 0 spiro atoms. The average Bonchev–Trinajstić information content (AvgIpc) is 2.94. The van der Waals surface area contributed by atoms with Gasteiger partial charge in [-0.15, -0.1) is 0 Å². The van der Waals surface area contributed by atoms with E-state index >= 15 is 0 Å². The van der Waals surface area contributed by atoms with Crippen LogP contribution in [0.5, 0.6) is 0 Å². The smallest absolute Gasteiger partial charge is 0.258 e. The highest BCUT2D eigenvalue weighted by Gasteiger charge is 2.21. The molecule has 9 heteroatoms. The first-order valence-corrected chi connectivity index (χ1v) is 10.0. The first-order chi connectivity index (χ1) is 13.2. The molecule has 0 amide bonds.